The van der Waals surface area contributed by atoms with E-state index in [2.05, 4.69) is 30.6 Å². The van der Waals surface area contributed by atoms with E-state index in [1.165, 1.54) is 18.4 Å². The Hall–Kier alpha value is -1.27. The molecule has 0 unspecified atom stereocenters. The highest BCUT2D eigenvalue weighted by Gasteiger charge is 2.08. The first-order valence-corrected chi connectivity index (χ1v) is 6.99. The number of rotatable bonds is 4. The van der Waals surface area contributed by atoms with Crippen molar-refractivity contribution in [3.8, 4) is 10.7 Å². The molecule has 0 fully saturated rings. The summed E-state index contributed by atoms with van der Waals surface area (Å²) in [6, 6.07) is 3.84. The van der Waals surface area contributed by atoms with Crippen LogP contribution in [-0.4, -0.2) is 23.0 Å². The summed E-state index contributed by atoms with van der Waals surface area (Å²) in [5.41, 5.74) is 1.73. The zero-order valence-corrected chi connectivity index (χ0v) is 12.1. The van der Waals surface area contributed by atoms with Crippen molar-refractivity contribution in [2.45, 2.75) is 12.8 Å². The molecule has 18 heavy (non-hydrogen) atoms. The number of pyridine rings is 1. The summed E-state index contributed by atoms with van der Waals surface area (Å²) in [7, 11) is 1.39. The Kier molecular flexibility index (Phi) is 4.43. The molecule has 0 atom stereocenters. The number of thiazole rings is 1. The van der Waals surface area contributed by atoms with Crippen LogP contribution < -0.4 is 0 Å². The first kappa shape index (κ1) is 13.2. The molecule has 0 aliphatic heterocycles. The van der Waals surface area contributed by atoms with Gasteiger partial charge in [0.2, 0.25) is 0 Å². The summed E-state index contributed by atoms with van der Waals surface area (Å²) in [5.74, 6) is -0.216. The van der Waals surface area contributed by atoms with Crippen molar-refractivity contribution in [3.63, 3.8) is 0 Å². The highest BCUT2D eigenvalue weighted by atomic mass is 79.9. The predicted molar refractivity (Wildman–Crippen MR) is 73.4 cm³/mol. The Balaban J connectivity index is 2.06. The van der Waals surface area contributed by atoms with Gasteiger partial charge in [-0.1, -0.05) is 0 Å². The van der Waals surface area contributed by atoms with Crippen LogP contribution in [0, 0.1) is 0 Å². The molecule has 2 aromatic heterocycles. The summed E-state index contributed by atoms with van der Waals surface area (Å²) in [6.45, 7) is 0. The zero-order chi connectivity index (χ0) is 13.0. The summed E-state index contributed by atoms with van der Waals surface area (Å²) >= 11 is 4.87. The van der Waals surface area contributed by atoms with Crippen LogP contribution in [0.25, 0.3) is 10.7 Å². The van der Waals surface area contributed by atoms with Crippen LogP contribution in [0.5, 0.6) is 0 Å². The lowest BCUT2D eigenvalue weighted by atomic mass is 10.2. The third-order valence-electron chi connectivity index (χ3n) is 2.31. The molecule has 0 saturated heterocycles. The Morgan fingerprint density at radius 3 is 3.00 bits per heavy atom. The number of nitrogens with zero attached hydrogens (tertiary/aromatic N) is 2. The number of ether oxygens (including phenoxy) is 1. The molecule has 0 N–H and O–H groups in total. The van der Waals surface area contributed by atoms with Gasteiger partial charge in [0.1, 0.15) is 5.01 Å². The molecule has 0 radical (unpaired) electrons. The highest BCUT2D eigenvalue weighted by molar-refractivity contribution is 9.10. The Labute approximate surface area is 117 Å². The molecule has 94 valence electrons. The van der Waals surface area contributed by atoms with Crippen LogP contribution in [0.4, 0.5) is 0 Å². The number of aryl methyl sites for hydroxylation is 1. The van der Waals surface area contributed by atoms with E-state index in [9.17, 15) is 4.79 Å². The molecule has 0 aliphatic rings. The van der Waals surface area contributed by atoms with Crippen molar-refractivity contribution >= 4 is 33.2 Å². The summed E-state index contributed by atoms with van der Waals surface area (Å²) < 4.78 is 5.53. The van der Waals surface area contributed by atoms with Crippen molar-refractivity contribution in [3.05, 3.63) is 33.9 Å². The number of carbonyl (C=O) groups is 1. The average molecular weight is 327 g/mol. The second kappa shape index (κ2) is 6.06. The summed E-state index contributed by atoms with van der Waals surface area (Å²) in [6.07, 6.45) is 2.69. The van der Waals surface area contributed by atoms with E-state index in [4.69, 9.17) is 0 Å². The van der Waals surface area contributed by atoms with Crippen molar-refractivity contribution in [2.24, 2.45) is 0 Å². The van der Waals surface area contributed by atoms with Gasteiger partial charge in [0.05, 0.1) is 24.9 Å². The predicted octanol–water partition coefficient (Wildman–Crippen LogP) is 3.07. The maximum Gasteiger partial charge on any atom is 0.305 e. The lowest BCUT2D eigenvalue weighted by molar-refractivity contribution is -0.140. The van der Waals surface area contributed by atoms with Crippen LogP contribution in [-0.2, 0) is 16.0 Å². The second-order valence-electron chi connectivity index (χ2n) is 3.58. The molecule has 0 amide bonds. The molecular formula is C12H11BrN2O2S. The first-order valence-electron chi connectivity index (χ1n) is 5.32. The van der Waals surface area contributed by atoms with Crippen molar-refractivity contribution in [2.75, 3.05) is 7.11 Å². The topological polar surface area (TPSA) is 52.1 Å². The van der Waals surface area contributed by atoms with Crippen LogP contribution in [0.15, 0.2) is 28.2 Å². The van der Waals surface area contributed by atoms with Crippen LogP contribution in [0.2, 0.25) is 0 Å². The standard InChI is InChI=1S/C12H11BrN2O2S/c1-17-11(16)5-3-9-7-18-12(15-9)10-4-2-8(13)6-14-10/h2,4,6-7H,3,5H2,1H3. The molecule has 6 heteroatoms. The molecule has 0 aromatic carbocycles. The minimum absolute atomic E-state index is 0.216. The number of halogens is 1. The second-order valence-corrected chi connectivity index (χ2v) is 5.36. The van der Waals surface area contributed by atoms with Crippen LogP contribution >= 0.6 is 27.3 Å². The first-order chi connectivity index (χ1) is 8.69. The quantitative estimate of drug-likeness (QED) is 0.810. The molecular weight excluding hydrogens is 316 g/mol. The number of hydrogen-bond donors (Lipinski definition) is 0. The van der Waals surface area contributed by atoms with E-state index in [0.29, 0.717) is 12.8 Å². The van der Waals surface area contributed by atoms with Gasteiger partial charge in [-0.05, 0) is 28.1 Å². The van der Waals surface area contributed by atoms with E-state index in [0.717, 1.165) is 20.9 Å². The number of methoxy groups -OCH3 is 1. The molecule has 2 aromatic rings. The van der Waals surface area contributed by atoms with E-state index < -0.39 is 0 Å². The maximum atomic E-state index is 11.0. The highest BCUT2D eigenvalue weighted by Crippen LogP contribution is 2.23. The van der Waals surface area contributed by atoms with Crippen LogP contribution in [0.3, 0.4) is 0 Å². The van der Waals surface area contributed by atoms with Gasteiger partial charge >= 0.3 is 5.97 Å². The number of esters is 1. The zero-order valence-electron chi connectivity index (χ0n) is 9.72. The minimum Gasteiger partial charge on any atom is -0.469 e. The maximum absolute atomic E-state index is 11.0. The Morgan fingerprint density at radius 1 is 1.50 bits per heavy atom. The van der Waals surface area contributed by atoms with Gasteiger partial charge in [-0.2, -0.15) is 0 Å². The van der Waals surface area contributed by atoms with Crippen molar-refractivity contribution in [1.82, 2.24) is 9.97 Å². The lowest BCUT2D eigenvalue weighted by Crippen LogP contribution is -2.01. The van der Waals surface area contributed by atoms with Crippen molar-refractivity contribution in [1.29, 1.82) is 0 Å². The number of aromatic nitrogens is 2. The van der Waals surface area contributed by atoms with Crippen LogP contribution in [0.1, 0.15) is 12.1 Å². The lowest BCUT2D eigenvalue weighted by Gasteiger charge is -1.96. The smallest absolute Gasteiger partial charge is 0.305 e. The normalized spacial score (nSPS) is 10.3. The van der Waals surface area contributed by atoms with Gasteiger partial charge in [-0.25, -0.2) is 4.98 Å². The number of carbonyl (C=O) groups excluding carboxylic acids is 1. The average Bonchev–Trinajstić information content (AvgIpc) is 2.85. The van der Waals surface area contributed by atoms with Gasteiger partial charge in [-0.3, -0.25) is 9.78 Å². The molecule has 2 rings (SSSR count). The van der Waals surface area contributed by atoms with Gasteiger partial charge in [0, 0.05) is 22.5 Å². The SMILES string of the molecule is COC(=O)CCc1csc(-c2ccc(Br)cn2)n1. The molecule has 2 heterocycles. The molecule has 0 saturated carbocycles. The molecule has 0 spiro atoms. The van der Waals surface area contributed by atoms with Gasteiger partial charge in [0.15, 0.2) is 0 Å². The van der Waals surface area contributed by atoms with Gasteiger partial charge in [0.25, 0.3) is 0 Å². The Bertz CT molecular complexity index is 539. The molecule has 0 bridgehead atoms. The van der Waals surface area contributed by atoms with Crippen molar-refractivity contribution < 1.29 is 9.53 Å². The fourth-order valence-electron chi connectivity index (χ4n) is 1.37. The minimum atomic E-state index is -0.216. The monoisotopic (exact) mass is 326 g/mol. The fourth-order valence-corrected chi connectivity index (χ4v) is 2.44. The van der Waals surface area contributed by atoms with E-state index in [1.807, 2.05) is 17.5 Å². The molecule has 0 aliphatic carbocycles. The van der Waals surface area contributed by atoms with Gasteiger partial charge < -0.3 is 4.74 Å². The largest absolute Gasteiger partial charge is 0.469 e. The molecule has 4 nitrogen and oxygen atoms in total. The summed E-state index contributed by atoms with van der Waals surface area (Å²) in [5, 5.41) is 2.81. The van der Waals surface area contributed by atoms with Gasteiger partial charge in [-0.15, -0.1) is 11.3 Å². The number of hydrogen-bond acceptors (Lipinski definition) is 5. The summed E-state index contributed by atoms with van der Waals surface area (Å²) in [4.78, 5) is 19.8. The Morgan fingerprint density at radius 2 is 2.33 bits per heavy atom. The van der Waals surface area contributed by atoms with E-state index in [-0.39, 0.29) is 5.97 Å². The fraction of sp³-hybridized carbons (Fsp3) is 0.250. The third kappa shape index (κ3) is 3.36. The van der Waals surface area contributed by atoms with E-state index >= 15 is 0 Å². The third-order valence-corrected chi connectivity index (χ3v) is 3.69. The van der Waals surface area contributed by atoms with E-state index in [1.54, 1.807) is 6.20 Å².